The lowest BCUT2D eigenvalue weighted by Gasteiger charge is -2.41. The Morgan fingerprint density at radius 1 is 0.690 bits per heavy atom. The van der Waals surface area contributed by atoms with Crippen molar-refractivity contribution >= 4 is 11.9 Å². The van der Waals surface area contributed by atoms with Gasteiger partial charge in [-0.1, -0.05) is 91.0 Å². The normalized spacial score (nSPS) is 13.4. The molecule has 2 atom stereocenters. The van der Waals surface area contributed by atoms with E-state index in [1.54, 1.807) is 0 Å². The van der Waals surface area contributed by atoms with Gasteiger partial charge >= 0.3 is 11.9 Å². The summed E-state index contributed by atoms with van der Waals surface area (Å²) in [5.41, 5.74) is 7.01. The van der Waals surface area contributed by atoms with Gasteiger partial charge in [0.2, 0.25) is 0 Å². The Labute approximate surface area is 169 Å². The summed E-state index contributed by atoms with van der Waals surface area (Å²) in [6.45, 7) is 0. The summed E-state index contributed by atoms with van der Waals surface area (Å²) >= 11 is 0. The standard InChI is InChI=1S/C24H23NO4/c25-21(23(28)29)16-20(22(26)27)24(17-10-4-1-5-11-17,18-12-6-2-7-13-18)19-14-8-3-9-15-19/h1-15,20-21H,16,25H2,(H,26,27)(H,28,29)/t20?,21-/m0/s1. The average Bonchev–Trinajstić information content (AvgIpc) is 2.75. The molecule has 3 rings (SSSR count). The third kappa shape index (κ3) is 3.91. The van der Waals surface area contributed by atoms with Crippen molar-refractivity contribution in [1.82, 2.24) is 0 Å². The first kappa shape index (κ1) is 20.3. The number of carbonyl (C=O) groups is 2. The second kappa shape index (κ2) is 8.71. The molecule has 0 aliphatic heterocycles. The summed E-state index contributed by atoms with van der Waals surface area (Å²) < 4.78 is 0. The van der Waals surface area contributed by atoms with E-state index in [9.17, 15) is 19.8 Å². The van der Waals surface area contributed by atoms with E-state index < -0.39 is 29.3 Å². The molecule has 3 aromatic rings. The molecule has 0 saturated heterocycles. The molecule has 148 valence electrons. The number of hydrogen-bond acceptors (Lipinski definition) is 3. The summed E-state index contributed by atoms with van der Waals surface area (Å²) in [6, 6.07) is 26.7. The summed E-state index contributed by atoms with van der Waals surface area (Å²) in [5.74, 6) is -3.42. The summed E-state index contributed by atoms with van der Waals surface area (Å²) in [7, 11) is 0. The molecule has 29 heavy (non-hydrogen) atoms. The molecule has 0 saturated carbocycles. The van der Waals surface area contributed by atoms with Gasteiger partial charge in [0.1, 0.15) is 6.04 Å². The predicted molar refractivity (Wildman–Crippen MR) is 111 cm³/mol. The topological polar surface area (TPSA) is 101 Å². The Bertz CT molecular complexity index is 861. The molecule has 0 amide bonds. The molecule has 0 aliphatic rings. The average molecular weight is 389 g/mol. The van der Waals surface area contributed by atoms with Crippen LogP contribution in [0.3, 0.4) is 0 Å². The van der Waals surface area contributed by atoms with Gasteiger partial charge in [-0.25, -0.2) is 0 Å². The first-order chi connectivity index (χ1) is 14.0. The highest BCUT2D eigenvalue weighted by Gasteiger charge is 2.48. The zero-order valence-corrected chi connectivity index (χ0v) is 15.8. The van der Waals surface area contributed by atoms with Crippen molar-refractivity contribution in [3.05, 3.63) is 108 Å². The van der Waals surface area contributed by atoms with Crippen molar-refractivity contribution in [3.63, 3.8) is 0 Å². The van der Waals surface area contributed by atoms with Gasteiger partial charge in [0, 0.05) is 0 Å². The molecule has 0 fully saturated rings. The van der Waals surface area contributed by atoms with Crippen LogP contribution in [-0.2, 0) is 15.0 Å². The van der Waals surface area contributed by atoms with E-state index >= 15 is 0 Å². The van der Waals surface area contributed by atoms with Crippen LogP contribution in [0, 0.1) is 5.92 Å². The van der Waals surface area contributed by atoms with Gasteiger partial charge in [-0.05, 0) is 23.1 Å². The van der Waals surface area contributed by atoms with E-state index in [2.05, 4.69) is 0 Å². The fraction of sp³-hybridized carbons (Fsp3) is 0.167. The second-order valence-electron chi connectivity index (χ2n) is 6.98. The predicted octanol–water partition coefficient (Wildman–Crippen LogP) is 3.52. The van der Waals surface area contributed by atoms with Crippen LogP contribution in [0.4, 0.5) is 0 Å². The molecule has 0 radical (unpaired) electrons. The van der Waals surface area contributed by atoms with Crippen LogP contribution in [0.25, 0.3) is 0 Å². The third-order valence-electron chi connectivity index (χ3n) is 5.32. The molecule has 3 aromatic carbocycles. The Hall–Kier alpha value is -3.44. The van der Waals surface area contributed by atoms with Gasteiger partial charge < -0.3 is 15.9 Å². The van der Waals surface area contributed by atoms with Gasteiger partial charge in [-0.3, -0.25) is 9.59 Å². The van der Waals surface area contributed by atoms with E-state index in [-0.39, 0.29) is 6.42 Å². The Kier molecular flexibility index (Phi) is 6.10. The number of benzene rings is 3. The van der Waals surface area contributed by atoms with Gasteiger partial charge in [-0.15, -0.1) is 0 Å². The minimum atomic E-state index is -1.30. The van der Waals surface area contributed by atoms with Gasteiger partial charge in [0.25, 0.3) is 0 Å². The number of aliphatic carboxylic acids is 2. The number of nitrogens with two attached hydrogens (primary N) is 1. The molecule has 0 aromatic heterocycles. The Morgan fingerprint density at radius 2 is 1.03 bits per heavy atom. The molecule has 0 heterocycles. The van der Waals surface area contributed by atoms with Crippen molar-refractivity contribution < 1.29 is 19.8 Å². The number of hydrogen-bond donors (Lipinski definition) is 3. The quantitative estimate of drug-likeness (QED) is 0.512. The Morgan fingerprint density at radius 3 is 1.31 bits per heavy atom. The van der Waals surface area contributed by atoms with E-state index in [4.69, 9.17) is 5.73 Å². The number of carboxylic acid groups (broad SMARTS) is 2. The lowest BCUT2D eigenvalue weighted by Crippen LogP contribution is -2.46. The van der Waals surface area contributed by atoms with Crippen molar-refractivity contribution in [2.75, 3.05) is 0 Å². The molecular weight excluding hydrogens is 366 g/mol. The largest absolute Gasteiger partial charge is 0.481 e. The van der Waals surface area contributed by atoms with E-state index in [1.807, 2.05) is 91.0 Å². The number of carboxylic acids is 2. The lowest BCUT2D eigenvalue weighted by atomic mass is 9.60. The zero-order chi connectivity index (χ0) is 20.9. The van der Waals surface area contributed by atoms with Crippen LogP contribution in [0.2, 0.25) is 0 Å². The van der Waals surface area contributed by atoms with Crippen molar-refractivity contribution in [1.29, 1.82) is 0 Å². The lowest BCUT2D eigenvalue weighted by molar-refractivity contribution is -0.145. The van der Waals surface area contributed by atoms with Gasteiger partial charge in [0.15, 0.2) is 0 Å². The Balaban J connectivity index is 2.38. The maximum atomic E-state index is 12.6. The highest BCUT2D eigenvalue weighted by atomic mass is 16.4. The van der Waals surface area contributed by atoms with Gasteiger partial charge in [-0.2, -0.15) is 0 Å². The molecule has 0 spiro atoms. The first-order valence-corrected chi connectivity index (χ1v) is 9.35. The summed E-state index contributed by atoms with van der Waals surface area (Å²) in [5, 5.41) is 19.6. The van der Waals surface area contributed by atoms with Crippen molar-refractivity contribution in [3.8, 4) is 0 Å². The van der Waals surface area contributed by atoms with Crippen LogP contribution in [0.5, 0.6) is 0 Å². The minimum Gasteiger partial charge on any atom is -0.481 e. The maximum absolute atomic E-state index is 12.6. The summed E-state index contributed by atoms with van der Waals surface area (Å²) in [6.07, 6.45) is -0.219. The first-order valence-electron chi connectivity index (χ1n) is 9.35. The molecule has 5 heteroatoms. The van der Waals surface area contributed by atoms with Crippen LogP contribution in [0.15, 0.2) is 91.0 Å². The second-order valence-corrected chi connectivity index (χ2v) is 6.98. The fourth-order valence-electron chi connectivity index (χ4n) is 4.02. The maximum Gasteiger partial charge on any atom is 0.320 e. The fourth-order valence-corrected chi connectivity index (χ4v) is 4.02. The monoisotopic (exact) mass is 389 g/mol. The molecule has 0 aliphatic carbocycles. The number of rotatable bonds is 8. The SMILES string of the molecule is N[C@@H](CC(C(=O)O)C(c1ccccc1)(c1ccccc1)c1ccccc1)C(=O)O. The highest BCUT2D eigenvalue weighted by molar-refractivity contribution is 5.79. The molecule has 4 N–H and O–H groups in total. The molecule has 1 unspecified atom stereocenters. The van der Waals surface area contributed by atoms with Crippen molar-refractivity contribution in [2.45, 2.75) is 17.9 Å². The van der Waals surface area contributed by atoms with Crippen LogP contribution < -0.4 is 5.73 Å². The zero-order valence-electron chi connectivity index (χ0n) is 15.8. The highest BCUT2D eigenvalue weighted by Crippen LogP contribution is 2.47. The van der Waals surface area contributed by atoms with E-state index in [0.717, 1.165) is 16.7 Å². The molecule has 5 nitrogen and oxygen atoms in total. The van der Waals surface area contributed by atoms with Gasteiger partial charge in [0.05, 0.1) is 11.3 Å². The van der Waals surface area contributed by atoms with Crippen LogP contribution in [-0.4, -0.2) is 28.2 Å². The van der Waals surface area contributed by atoms with Crippen LogP contribution in [0.1, 0.15) is 23.1 Å². The minimum absolute atomic E-state index is 0.219. The van der Waals surface area contributed by atoms with Crippen LogP contribution >= 0.6 is 0 Å². The molecular formula is C24H23NO4. The van der Waals surface area contributed by atoms with E-state index in [1.165, 1.54) is 0 Å². The third-order valence-corrected chi connectivity index (χ3v) is 5.32. The smallest absolute Gasteiger partial charge is 0.320 e. The van der Waals surface area contributed by atoms with E-state index in [0.29, 0.717) is 0 Å². The summed E-state index contributed by atoms with van der Waals surface area (Å²) in [4.78, 5) is 24.1. The molecule has 0 bridgehead atoms. The van der Waals surface area contributed by atoms with Crippen molar-refractivity contribution in [2.24, 2.45) is 11.7 Å².